The summed E-state index contributed by atoms with van der Waals surface area (Å²) in [6, 6.07) is 15.9. The van der Waals surface area contributed by atoms with Gasteiger partial charge in [-0.05, 0) is 55.5 Å². The molecule has 1 N–H and O–H groups in total. The largest absolute Gasteiger partial charge is 0.328 e. The van der Waals surface area contributed by atoms with Gasteiger partial charge in [0.25, 0.3) is 10.0 Å². The molecule has 0 bridgehead atoms. The average molecular weight is 458 g/mol. The number of nitrogens with zero attached hydrogens (tertiary/aromatic N) is 2. The van der Waals surface area contributed by atoms with Crippen LogP contribution in [0.2, 0.25) is 0 Å². The summed E-state index contributed by atoms with van der Waals surface area (Å²) in [5.74, 6) is -0.356. The second-order valence-corrected chi connectivity index (χ2v) is 10.0. The number of halogens is 1. The third-order valence-corrected chi connectivity index (χ3v) is 7.44. The molecule has 0 amide bonds. The fraction of sp³-hybridized carbons (Fsp3) is 0.136. The number of aromatic nitrogens is 2. The smallest absolute Gasteiger partial charge is 0.295 e. The molecule has 1 aromatic heterocycles. The zero-order valence-corrected chi connectivity index (χ0v) is 18.7. The van der Waals surface area contributed by atoms with E-state index in [0.29, 0.717) is 21.6 Å². The summed E-state index contributed by atoms with van der Waals surface area (Å²) < 4.78 is 45.0. The first-order chi connectivity index (χ1) is 14.7. The zero-order chi connectivity index (χ0) is 22.3. The third-order valence-electron chi connectivity index (χ3n) is 4.99. The van der Waals surface area contributed by atoms with Crippen LogP contribution in [0.15, 0.2) is 80.1 Å². The fourth-order valence-corrected chi connectivity index (χ4v) is 5.29. The number of sulfonamides is 1. The topological polar surface area (TPSA) is 73.1 Å². The predicted octanol–water partition coefficient (Wildman–Crippen LogP) is 4.28. The number of aryl methyl sites for hydroxylation is 3. The molecular formula is C22H20FN3O3S2. The van der Waals surface area contributed by atoms with Gasteiger partial charge in [-0.25, -0.2) is 17.6 Å². The van der Waals surface area contributed by atoms with Crippen molar-refractivity contribution < 1.29 is 12.8 Å². The Morgan fingerprint density at radius 2 is 1.48 bits per heavy atom. The summed E-state index contributed by atoms with van der Waals surface area (Å²) in [6.07, 6.45) is 0. The maximum absolute atomic E-state index is 13.3. The average Bonchev–Trinajstić information content (AvgIpc) is 2.94. The van der Waals surface area contributed by atoms with Crippen molar-refractivity contribution in [3.63, 3.8) is 0 Å². The molecule has 0 atom stereocenters. The molecule has 0 saturated heterocycles. The van der Waals surface area contributed by atoms with E-state index in [9.17, 15) is 17.6 Å². The molecule has 0 fully saturated rings. The predicted molar refractivity (Wildman–Crippen MR) is 121 cm³/mol. The number of anilines is 1. The molecule has 0 unspecified atom stereocenters. The van der Waals surface area contributed by atoms with Gasteiger partial charge in [0.2, 0.25) is 0 Å². The lowest BCUT2D eigenvalue weighted by Gasteiger charge is -2.14. The van der Waals surface area contributed by atoms with Gasteiger partial charge >= 0.3 is 5.69 Å². The summed E-state index contributed by atoms with van der Waals surface area (Å²) in [4.78, 5) is 13.8. The van der Waals surface area contributed by atoms with Crippen molar-refractivity contribution in [3.8, 4) is 0 Å². The molecule has 160 valence electrons. The van der Waals surface area contributed by atoms with Crippen molar-refractivity contribution in [2.45, 2.75) is 21.6 Å². The molecular weight excluding hydrogens is 437 g/mol. The molecule has 3 aromatic carbocycles. The maximum atomic E-state index is 13.3. The first kappa shape index (κ1) is 21.2. The molecule has 0 spiro atoms. The van der Waals surface area contributed by atoms with Crippen LogP contribution in [0.1, 0.15) is 5.56 Å². The highest BCUT2D eigenvalue weighted by atomic mass is 32.2. The number of hydrogen-bond acceptors (Lipinski definition) is 4. The van der Waals surface area contributed by atoms with E-state index in [1.54, 1.807) is 62.6 Å². The number of nitrogens with one attached hydrogen (secondary N) is 1. The zero-order valence-electron chi connectivity index (χ0n) is 17.1. The summed E-state index contributed by atoms with van der Waals surface area (Å²) in [5, 5.41) is 0. The van der Waals surface area contributed by atoms with Crippen LogP contribution in [-0.2, 0) is 24.1 Å². The monoisotopic (exact) mass is 457 g/mol. The van der Waals surface area contributed by atoms with E-state index in [0.717, 1.165) is 10.5 Å². The molecule has 9 heteroatoms. The summed E-state index contributed by atoms with van der Waals surface area (Å²) >= 11 is 1.28. The summed E-state index contributed by atoms with van der Waals surface area (Å²) in [6.45, 7) is 1.88. The first-order valence-corrected chi connectivity index (χ1v) is 11.7. The fourth-order valence-electron chi connectivity index (χ4n) is 3.24. The van der Waals surface area contributed by atoms with Gasteiger partial charge in [-0.3, -0.25) is 13.9 Å². The van der Waals surface area contributed by atoms with E-state index in [-0.39, 0.29) is 16.4 Å². The van der Waals surface area contributed by atoms with Crippen LogP contribution in [0.3, 0.4) is 0 Å². The number of rotatable bonds is 5. The Morgan fingerprint density at radius 3 is 2.10 bits per heavy atom. The third kappa shape index (κ3) is 4.11. The standard InChI is InChI=1S/C22H20FN3O3S2/c1-14-4-10-17(11-5-14)31(28,29)24-18-12-19-20(26(3)22(27)25(19)2)13-21(18)30-16-8-6-15(23)7-9-16/h4-13,24H,1-3H3. The second kappa shape index (κ2) is 7.90. The van der Waals surface area contributed by atoms with Crippen LogP contribution in [0.5, 0.6) is 0 Å². The molecule has 4 aromatic rings. The van der Waals surface area contributed by atoms with Crippen LogP contribution in [-0.4, -0.2) is 17.6 Å². The number of fused-ring (bicyclic) bond motifs is 1. The highest BCUT2D eigenvalue weighted by Crippen LogP contribution is 2.37. The van der Waals surface area contributed by atoms with Crippen LogP contribution < -0.4 is 10.4 Å². The molecule has 6 nitrogen and oxygen atoms in total. The van der Waals surface area contributed by atoms with Gasteiger partial charge in [0, 0.05) is 23.9 Å². The van der Waals surface area contributed by atoms with Gasteiger partial charge in [0.05, 0.1) is 21.6 Å². The van der Waals surface area contributed by atoms with Crippen molar-refractivity contribution >= 4 is 38.5 Å². The van der Waals surface area contributed by atoms with E-state index in [2.05, 4.69) is 4.72 Å². The molecule has 1 heterocycles. The van der Waals surface area contributed by atoms with E-state index in [1.165, 1.54) is 33.0 Å². The van der Waals surface area contributed by atoms with Crippen molar-refractivity contribution in [3.05, 3.63) is 82.5 Å². The van der Waals surface area contributed by atoms with Crippen molar-refractivity contribution in [1.82, 2.24) is 9.13 Å². The van der Waals surface area contributed by atoms with E-state index >= 15 is 0 Å². The van der Waals surface area contributed by atoms with Gasteiger partial charge in [-0.15, -0.1) is 0 Å². The molecule has 0 saturated carbocycles. The highest BCUT2D eigenvalue weighted by Gasteiger charge is 2.19. The Hall–Kier alpha value is -3.04. The van der Waals surface area contributed by atoms with E-state index in [1.807, 2.05) is 6.92 Å². The first-order valence-electron chi connectivity index (χ1n) is 9.38. The minimum Gasteiger partial charge on any atom is -0.295 e. The van der Waals surface area contributed by atoms with Crippen molar-refractivity contribution in [2.75, 3.05) is 4.72 Å². The molecule has 31 heavy (non-hydrogen) atoms. The van der Waals surface area contributed by atoms with Crippen LogP contribution in [0, 0.1) is 12.7 Å². The lowest BCUT2D eigenvalue weighted by atomic mass is 10.2. The molecule has 4 rings (SSSR count). The van der Waals surface area contributed by atoms with Crippen LogP contribution in [0.4, 0.5) is 10.1 Å². The quantitative estimate of drug-likeness (QED) is 0.486. The van der Waals surface area contributed by atoms with Gasteiger partial charge < -0.3 is 0 Å². The molecule has 0 aliphatic heterocycles. The van der Waals surface area contributed by atoms with E-state index < -0.39 is 10.0 Å². The minimum atomic E-state index is -3.85. The Balaban J connectivity index is 1.85. The lowest BCUT2D eigenvalue weighted by Crippen LogP contribution is -2.19. The number of imidazole rings is 1. The number of benzene rings is 3. The normalized spacial score (nSPS) is 11.7. The molecule has 0 radical (unpaired) electrons. The van der Waals surface area contributed by atoms with Crippen LogP contribution >= 0.6 is 11.8 Å². The summed E-state index contributed by atoms with van der Waals surface area (Å²) in [5.41, 5.74) is 2.33. The maximum Gasteiger partial charge on any atom is 0.328 e. The molecule has 0 aliphatic carbocycles. The van der Waals surface area contributed by atoms with Crippen molar-refractivity contribution in [2.24, 2.45) is 14.1 Å². The van der Waals surface area contributed by atoms with Gasteiger partial charge in [0.15, 0.2) is 0 Å². The molecule has 0 aliphatic rings. The van der Waals surface area contributed by atoms with Gasteiger partial charge in [0.1, 0.15) is 5.82 Å². The van der Waals surface area contributed by atoms with Crippen molar-refractivity contribution in [1.29, 1.82) is 0 Å². The highest BCUT2D eigenvalue weighted by molar-refractivity contribution is 7.99. The SMILES string of the molecule is Cc1ccc(S(=O)(=O)Nc2cc3c(cc2Sc2ccc(F)cc2)n(C)c(=O)n3C)cc1. The Morgan fingerprint density at radius 1 is 0.903 bits per heavy atom. The van der Waals surface area contributed by atoms with E-state index in [4.69, 9.17) is 0 Å². The lowest BCUT2D eigenvalue weighted by molar-refractivity contribution is 0.601. The Bertz CT molecular complexity index is 1440. The van der Waals surface area contributed by atoms with Crippen LogP contribution in [0.25, 0.3) is 11.0 Å². The van der Waals surface area contributed by atoms with Gasteiger partial charge in [-0.2, -0.15) is 0 Å². The minimum absolute atomic E-state index is 0.137. The second-order valence-electron chi connectivity index (χ2n) is 7.21. The summed E-state index contributed by atoms with van der Waals surface area (Å²) in [7, 11) is -0.559. The Labute approximate surface area is 183 Å². The Kier molecular flexibility index (Phi) is 5.40. The number of hydrogen-bond donors (Lipinski definition) is 1. The van der Waals surface area contributed by atoms with Gasteiger partial charge in [-0.1, -0.05) is 29.5 Å².